The Labute approximate surface area is 179 Å². The van der Waals surface area contributed by atoms with E-state index in [1.165, 1.54) is 21.3 Å². The van der Waals surface area contributed by atoms with Crippen LogP contribution in [0, 0.1) is 0 Å². The molecule has 5 rings (SSSR count). The number of carbonyl (C=O) groups is 3. The van der Waals surface area contributed by atoms with E-state index in [9.17, 15) is 14.4 Å². The van der Waals surface area contributed by atoms with Gasteiger partial charge in [-0.1, -0.05) is 11.8 Å². The Balaban J connectivity index is 1.31. The molecule has 15 heteroatoms. The molecule has 1 unspecified atom stereocenters. The summed E-state index contributed by atoms with van der Waals surface area (Å²) >= 11 is 1.21. The summed E-state index contributed by atoms with van der Waals surface area (Å²) in [6.45, 7) is 2.18. The summed E-state index contributed by atoms with van der Waals surface area (Å²) in [6.07, 6.45) is -1.99. The van der Waals surface area contributed by atoms with Gasteiger partial charge in [-0.05, 0) is 10.4 Å². The van der Waals surface area contributed by atoms with E-state index in [0.717, 1.165) is 0 Å². The number of thioether (sulfide) groups is 1. The Morgan fingerprint density at radius 3 is 2.90 bits per heavy atom. The third-order valence-electron chi connectivity index (χ3n) is 5.55. The van der Waals surface area contributed by atoms with E-state index in [2.05, 4.69) is 20.8 Å². The zero-order valence-electron chi connectivity index (χ0n) is 16.2. The van der Waals surface area contributed by atoms with Crippen molar-refractivity contribution in [2.75, 3.05) is 38.8 Å². The van der Waals surface area contributed by atoms with Crippen molar-refractivity contribution in [1.82, 2.24) is 35.3 Å². The predicted molar refractivity (Wildman–Crippen MR) is 99.4 cm³/mol. The smallest absolute Gasteiger partial charge is 0.449 e. The van der Waals surface area contributed by atoms with E-state index in [1.54, 1.807) is 4.90 Å². The molecule has 4 aliphatic rings. The van der Waals surface area contributed by atoms with E-state index in [0.29, 0.717) is 37.0 Å². The van der Waals surface area contributed by atoms with Crippen molar-refractivity contribution in [3.8, 4) is 0 Å². The highest BCUT2D eigenvalue weighted by molar-refractivity contribution is 7.99. The summed E-state index contributed by atoms with van der Waals surface area (Å²) in [5, 5.41) is 24.0. The molecule has 2 N–H and O–H groups in total. The fourth-order valence-electron chi connectivity index (χ4n) is 4.10. The summed E-state index contributed by atoms with van der Waals surface area (Å²) in [5.41, 5.74) is 0.531. The normalized spacial score (nSPS) is 27.2. The van der Waals surface area contributed by atoms with E-state index in [-0.39, 0.29) is 42.8 Å². The number of nitrogens with one attached hydrogen (secondary N) is 1. The van der Waals surface area contributed by atoms with Gasteiger partial charge in [-0.25, -0.2) is 9.48 Å². The number of morpholine rings is 1. The number of β-lactam (4-membered cyclic amide) rings is 1. The van der Waals surface area contributed by atoms with Crippen molar-refractivity contribution in [2.24, 2.45) is 0 Å². The summed E-state index contributed by atoms with van der Waals surface area (Å²) in [7, 11) is 0. The van der Waals surface area contributed by atoms with Gasteiger partial charge in [0.25, 0.3) is 0 Å². The van der Waals surface area contributed by atoms with E-state index < -0.39 is 18.3 Å². The van der Waals surface area contributed by atoms with Gasteiger partial charge >= 0.3 is 6.16 Å². The summed E-state index contributed by atoms with van der Waals surface area (Å²) in [5.74, 6) is -0.169. The van der Waals surface area contributed by atoms with Crippen molar-refractivity contribution in [3.63, 3.8) is 0 Å². The molecule has 2 amide bonds. The molecule has 5 heterocycles. The molecule has 4 aliphatic heterocycles. The lowest BCUT2D eigenvalue weighted by Crippen LogP contribution is -2.73. The Hall–Kier alpha value is -2.75. The Morgan fingerprint density at radius 2 is 2.13 bits per heavy atom. The second-order valence-corrected chi connectivity index (χ2v) is 8.15. The minimum absolute atomic E-state index is 0.0218. The maximum atomic E-state index is 12.5. The van der Waals surface area contributed by atoms with Crippen LogP contribution in [0.5, 0.6) is 0 Å². The van der Waals surface area contributed by atoms with Crippen molar-refractivity contribution in [1.29, 1.82) is 0 Å². The number of ether oxygens (including phenoxy) is 3. The monoisotopic (exact) mass is 453 g/mol. The molecule has 0 saturated carbocycles. The SMILES string of the molecule is O=C(O)OC1=C(CSc2nnnn2CC(=O)N2CCOCC2)C2OCN[C@@H]3C(=O)N1[C@H]23. The molecule has 3 atom stereocenters. The first kappa shape index (κ1) is 20.2. The molecule has 3 saturated heterocycles. The van der Waals surface area contributed by atoms with Gasteiger partial charge in [-0.15, -0.1) is 5.10 Å². The molecule has 0 aromatic carbocycles. The van der Waals surface area contributed by atoms with E-state index >= 15 is 0 Å². The van der Waals surface area contributed by atoms with E-state index in [4.69, 9.17) is 19.3 Å². The minimum atomic E-state index is -1.51. The highest BCUT2D eigenvalue weighted by Crippen LogP contribution is 2.44. The number of aromatic nitrogens is 4. The zero-order valence-corrected chi connectivity index (χ0v) is 17.0. The van der Waals surface area contributed by atoms with Crippen LogP contribution in [0.4, 0.5) is 4.79 Å². The predicted octanol–water partition coefficient (Wildman–Crippen LogP) is -1.93. The lowest BCUT2D eigenvalue weighted by atomic mass is 9.91. The van der Waals surface area contributed by atoms with Crippen LogP contribution in [-0.4, -0.2) is 110 Å². The number of rotatable bonds is 6. The average Bonchev–Trinajstić information content (AvgIpc) is 3.32. The molecule has 0 spiro atoms. The van der Waals surface area contributed by atoms with E-state index in [1.807, 2.05) is 0 Å². The number of carboxylic acid groups (broad SMARTS) is 1. The third-order valence-corrected chi connectivity index (χ3v) is 6.55. The lowest BCUT2D eigenvalue weighted by molar-refractivity contribution is -0.164. The molecule has 1 aromatic rings. The van der Waals surface area contributed by atoms with Crippen LogP contribution in [-0.2, 0) is 30.3 Å². The molecule has 14 nitrogen and oxygen atoms in total. The van der Waals surface area contributed by atoms with Crippen LogP contribution in [0.2, 0.25) is 0 Å². The first-order valence-electron chi connectivity index (χ1n) is 9.61. The van der Waals surface area contributed by atoms with Crippen LogP contribution in [0.1, 0.15) is 0 Å². The number of nitrogens with zero attached hydrogens (tertiary/aromatic N) is 6. The Bertz CT molecular complexity index is 946. The fourth-order valence-corrected chi connectivity index (χ4v) is 5.01. The lowest BCUT2D eigenvalue weighted by Gasteiger charge is -2.47. The Morgan fingerprint density at radius 1 is 1.32 bits per heavy atom. The first-order valence-corrected chi connectivity index (χ1v) is 10.6. The maximum absolute atomic E-state index is 12.5. The number of carbonyl (C=O) groups excluding carboxylic acids is 2. The second-order valence-electron chi connectivity index (χ2n) is 7.21. The van der Waals surface area contributed by atoms with Crippen LogP contribution >= 0.6 is 11.8 Å². The number of tetrazole rings is 1. The van der Waals surface area contributed by atoms with Crippen molar-refractivity contribution < 1.29 is 33.7 Å². The molecule has 0 aliphatic carbocycles. The van der Waals surface area contributed by atoms with Gasteiger partial charge in [0.15, 0.2) is 0 Å². The average molecular weight is 453 g/mol. The largest absolute Gasteiger partial charge is 0.512 e. The highest BCUT2D eigenvalue weighted by atomic mass is 32.2. The van der Waals surface area contributed by atoms with Gasteiger partial charge in [0.2, 0.25) is 22.9 Å². The number of hydrogen-bond donors (Lipinski definition) is 2. The second kappa shape index (κ2) is 8.07. The number of hydrogen-bond acceptors (Lipinski definition) is 11. The number of amides is 2. The van der Waals surface area contributed by atoms with Gasteiger partial charge in [0, 0.05) is 24.4 Å². The first-order chi connectivity index (χ1) is 15.0. The van der Waals surface area contributed by atoms with Crippen molar-refractivity contribution >= 4 is 29.7 Å². The molecule has 1 aromatic heterocycles. The topological polar surface area (TPSA) is 161 Å². The van der Waals surface area contributed by atoms with Crippen LogP contribution in [0.25, 0.3) is 0 Å². The van der Waals surface area contributed by atoms with Gasteiger partial charge in [0.05, 0.1) is 26.0 Å². The van der Waals surface area contributed by atoms with Crippen LogP contribution < -0.4 is 5.32 Å². The Kier molecular flexibility index (Phi) is 5.25. The summed E-state index contributed by atoms with van der Waals surface area (Å²) in [6, 6.07) is -0.768. The zero-order chi connectivity index (χ0) is 21.5. The molecule has 0 radical (unpaired) electrons. The highest BCUT2D eigenvalue weighted by Gasteiger charge is 2.62. The molecule has 31 heavy (non-hydrogen) atoms. The van der Waals surface area contributed by atoms with Crippen LogP contribution in [0.3, 0.4) is 0 Å². The molecule has 3 fully saturated rings. The summed E-state index contributed by atoms with van der Waals surface area (Å²) < 4.78 is 17.3. The van der Waals surface area contributed by atoms with Gasteiger partial charge in [-0.3, -0.25) is 19.8 Å². The quantitative estimate of drug-likeness (QED) is 0.279. The molecular formula is C16H19N7O7S. The minimum Gasteiger partial charge on any atom is -0.449 e. The van der Waals surface area contributed by atoms with Crippen molar-refractivity contribution in [3.05, 3.63) is 11.5 Å². The maximum Gasteiger partial charge on any atom is 0.512 e. The molecular weight excluding hydrogens is 434 g/mol. The third kappa shape index (κ3) is 3.52. The van der Waals surface area contributed by atoms with Gasteiger partial charge < -0.3 is 24.2 Å². The van der Waals surface area contributed by atoms with Gasteiger partial charge in [0.1, 0.15) is 18.7 Å². The summed E-state index contributed by atoms with van der Waals surface area (Å²) in [4.78, 5) is 39.1. The van der Waals surface area contributed by atoms with Crippen LogP contribution in [0.15, 0.2) is 16.6 Å². The van der Waals surface area contributed by atoms with Crippen molar-refractivity contribution in [2.45, 2.75) is 29.9 Å². The standard InChI is InChI=1S/C16H19N7O7S/c24-9(21-1-3-28-4-2-21)5-22-15(18-19-20-22)31-6-8-12-11-10(17-7-29-12)13(25)23(11)14(8)30-16(26)27/h10-12,17H,1-7H2,(H,26,27)/t10-,11-,12?/m0/s1. The molecule has 166 valence electrons. The fraction of sp³-hybridized carbons (Fsp3) is 0.625. The van der Waals surface area contributed by atoms with Gasteiger partial charge in [-0.2, -0.15) is 0 Å². The molecule has 0 bridgehead atoms.